The normalized spacial score (nSPS) is 25.1. The molecule has 1 fully saturated rings. The highest BCUT2D eigenvalue weighted by Crippen LogP contribution is 2.21. The molecule has 1 aliphatic heterocycles. The molecule has 0 spiro atoms. The summed E-state index contributed by atoms with van der Waals surface area (Å²) in [6.07, 6.45) is 4.43. The van der Waals surface area contributed by atoms with Crippen LogP contribution >= 0.6 is 0 Å². The van der Waals surface area contributed by atoms with Crippen molar-refractivity contribution >= 4 is 0 Å². The Hall–Kier alpha value is -0.980. The first-order valence-electron chi connectivity index (χ1n) is 7.32. The second kappa shape index (κ2) is 6.20. The zero-order valence-electron chi connectivity index (χ0n) is 13.0. The van der Waals surface area contributed by atoms with Gasteiger partial charge in [0.25, 0.3) is 0 Å². The first kappa shape index (κ1) is 15.4. The average molecular weight is 281 g/mol. The van der Waals surface area contributed by atoms with Crippen molar-refractivity contribution < 1.29 is 4.74 Å². The first-order valence-corrected chi connectivity index (χ1v) is 7.32. The summed E-state index contributed by atoms with van der Waals surface area (Å²) in [7, 11) is 1.78. The van der Waals surface area contributed by atoms with Crippen LogP contribution in [0.2, 0.25) is 0 Å². The van der Waals surface area contributed by atoms with Crippen molar-refractivity contribution in [2.24, 2.45) is 5.73 Å². The van der Waals surface area contributed by atoms with E-state index < -0.39 is 0 Å². The minimum Gasteiger partial charge on any atom is -0.381 e. The molecule has 0 aromatic carbocycles. The third-order valence-electron chi connectivity index (χ3n) is 3.99. The molecule has 2 N–H and O–H groups in total. The number of rotatable bonds is 4. The minimum absolute atomic E-state index is 0.0262. The van der Waals surface area contributed by atoms with Gasteiger partial charge in [0.05, 0.1) is 23.5 Å². The van der Waals surface area contributed by atoms with Gasteiger partial charge in [-0.1, -0.05) is 5.21 Å². The van der Waals surface area contributed by atoms with Gasteiger partial charge in [0.2, 0.25) is 0 Å². The van der Waals surface area contributed by atoms with E-state index >= 15 is 0 Å². The van der Waals surface area contributed by atoms with Crippen LogP contribution in [0.3, 0.4) is 0 Å². The number of piperidine rings is 1. The highest BCUT2D eigenvalue weighted by Gasteiger charge is 2.28. The second-order valence-corrected chi connectivity index (χ2v) is 6.57. The summed E-state index contributed by atoms with van der Waals surface area (Å²) < 4.78 is 7.37. The van der Waals surface area contributed by atoms with E-state index in [2.05, 4.69) is 36.0 Å². The number of nitrogens with two attached hydrogens (primary N) is 1. The predicted molar refractivity (Wildman–Crippen MR) is 78.3 cm³/mol. The van der Waals surface area contributed by atoms with Crippen LogP contribution in [0.4, 0.5) is 0 Å². The lowest BCUT2D eigenvalue weighted by molar-refractivity contribution is 0.00976. The molecule has 2 atom stereocenters. The third kappa shape index (κ3) is 3.56. The molecule has 6 nitrogen and oxygen atoms in total. The standard InChI is InChI=1S/C14H27N5O/c1-14(2,3)19-10-11(16-17-19)9-18-6-5-13(20-4)7-12(18)8-15/h10,12-13H,5-9,15H2,1-4H3. The van der Waals surface area contributed by atoms with E-state index in [-0.39, 0.29) is 5.54 Å². The van der Waals surface area contributed by atoms with E-state index in [1.807, 2.05) is 10.9 Å². The van der Waals surface area contributed by atoms with E-state index in [1.54, 1.807) is 7.11 Å². The fourth-order valence-electron chi connectivity index (χ4n) is 2.64. The molecule has 2 heterocycles. The summed E-state index contributed by atoms with van der Waals surface area (Å²) >= 11 is 0. The zero-order chi connectivity index (χ0) is 14.8. The Morgan fingerprint density at radius 3 is 2.75 bits per heavy atom. The van der Waals surface area contributed by atoms with Gasteiger partial charge >= 0.3 is 0 Å². The highest BCUT2D eigenvalue weighted by molar-refractivity contribution is 4.97. The smallest absolute Gasteiger partial charge is 0.0967 e. The summed E-state index contributed by atoms with van der Waals surface area (Å²) in [6.45, 7) is 8.85. The maximum Gasteiger partial charge on any atom is 0.0967 e. The number of aromatic nitrogens is 3. The Morgan fingerprint density at radius 2 is 2.20 bits per heavy atom. The molecule has 1 saturated heterocycles. The molecule has 114 valence electrons. The van der Waals surface area contributed by atoms with Crippen LogP contribution in [0.25, 0.3) is 0 Å². The zero-order valence-corrected chi connectivity index (χ0v) is 13.0. The fourth-order valence-corrected chi connectivity index (χ4v) is 2.64. The Kier molecular flexibility index (Phi) is 4.78. The predicted octanol–water partition coefficient (Wildman–Crippen LogP) is 0.971. The van der Waals surface area contributed by atoms with Crippen molar-refractivity contribution in [3.63, 3.8) is 0 Å². The number of hydrogen-bond donors (Lipinski definition) is 1. The summed E-state index contributed by atoms with van der Waals surface area (Å²) in [4.78, 5) is 2.40. The van der Waals surface area contributed by atoms with Gasteiger partial charge in [-0.05, 0) is 33.6 Å². The number of ether oxygens (including phenoxy) is 1. The van der Waals surface area contributed by atoms with Crippen LogP contribution in [0, 0.1) is 0 Å². The lowest BCUT2D eigenvalue weighted by atomic mass is 9.99. The number of methoxy groups -OCH3 is 1. The highest BCUT2D eigenvalue weighted by atomic mass is 16.5. The van der Waals surface area contributed by atoms with Crippen LogP contribution in [0.1, 0.15) is 39.3 Å². The molecule has 20 heavy (non-hydrogen) atoms. The minimum atomic E-state index is -0.0262. The van der Waals surface area contributed by atoms with Gasteiger partial charge in [-0.25, -0.2) is 4.68 Å². The molecule has 0 saturated carbocycles. The molecule has 1 aromatic heterocycles. The van der Waals surface area contributed by atoms with Crippen molar-refractivity contribution in [1.29, 1.82) is 0 Å². The summed E-state index contributed by atoms with van der Waals surface area (Å²) in [6, 6.07) is 0.369. The van der Waals surface area contributed by atoms with Crippen LogP contribution in [-0.4, -0.2) is 52.2 Å². The van der Waals surface area contributed by atoms with Gasteiger partial charge in [0, 0.05) is 32.8 Å². The molecular formula is C14H27N5O. The van der Waals surface area contributed by atoms with E-state index in [1.165, 1.54) is 0 Å². The maximum atomic E-state index is 5.90. The molecule has 0 aliphatic carbocycles. The molecule has 0 radical (unpaired) electrons. The van der Waals surface area contributed by atoms with Crippen LogP contribution in [0.5, 0.6) is 0 Å². The number of likely N-dealkylation sites (tertiary alicyclic amines) is 1. The summed E-state index contributed by atoms with van der Waals surface area (Å²) in [5.41, 5.74) is 6.88. The lowest BCUT2D eigenvalue weighted by Crippen LogP contribution is -2.48. The molecule has 2 rings (SSSR count). The monoisotopic (exact) mass is 281 g/mol. The van der Waals surface area contributed by atoms with E-state index in [9.17, 15) is 0 Å². The van der Waals surface area contributed by atoms with E-state index in [4.69, 9.17) is 10.5 Å². The number of nitrogens with zero attached hydrogens (tertiary/aromatic N) is 4. The molecule has 6 heteroatoms. The quantitative estimate of drug-likeness (QED) is 0.890. The van der Waals surface area contributed by atoms with Crippen LogP contribution in [-0.2, 0) is 16.8 Å². The Labute approximate surface area is 121 Å². The molecule has 1 aliphatic rings. The third-order valence-corrected chi connectivity index (χ3v) is 3.99. The lowest BCUT2D eigenvalue weighted by Gasteiger charge is -2.37. The number of hydrogen-bond acceptors (Lipinski definition) is 5. The van der Waals surface area contributed by atoms with Gasteiger partial charge in [0.15, 0.2) is 0 Å². The Balaban J connectivity index is 2.00. The Bertz CT molecular complexity index is 425. The molecule has 0 bridgehead atoms. The van der Waals surface area contributed by atoms with Gasteiger partial charge in [-0.2, -0.15) is 0 Å². The maximum absolute atomic E-state index is 5.90. The first-order chi connectivity index (χ1) is 9.44. The average Bonchev–Trinajstić information content (AvgIpc) is 2.87. The Morgan fingerprint density at radius 1 is 1.45 bits per heavy atom. The second-order valence-electron chi connectivity index (χ2n) is 6.57. The van der Waals surface area contributed by atoms with E-state index in [0.29, 0.717) is 18.7 Å². The van der Waals surface area contributed by atoms with Gasteiger partial charge in [0.1, 0.15) is 0 Å². The van der Waals surface area contributed by atoms with Gasteiger partial charge in [-0.3, -0.25) is 4.90 Å². The van der Waals surface area contributed by atoms with Crippen molar-refractivity contribution in [3.05, 3.63) is 11.9 Å². The largest absolute Gasteiger partial charge is 0.381 e. The van der Waals surface area contributed by atoms with Gasteiger partial charge < -0.3 is 10.5 Å². The molecule has 1 aromatic rings. The molecular weight excluding hydrogens is 254 g/mol. The van der Waals surface area contributed by atoms with Crippen molar-refractivity contribution in [1.82, 2.24) is 19.9 Å². The van der Waals surface area contributed by atoms with Gasteiger partial charge in [-0.15, -0.1) is 5.10 Å². The van der Waals surface area contributed by atoms with Crippen molar-refractivity contribution in [3.8, 4) is 0 Å². The molecule has 0 amide bonds. The summed E-state index contributed by atoms with van der Waals surface area (Å²) in [5, 5.41) is 8.50. The fraction of sp³-hybridized carbons (Fsp3) is 0.857. The van der Waals surface area contributed by atoms with Crippen molar-refractivity contribution in [2.45, 2.75) is 57.8 Å². The molecule has 2 unspecified atom stereocenters. The summed E-state index contributed by atoms with van der Waals surface area (Å²) in [5.74, 6) is 0. The van der Waals surface area contributed by atoms with Crippen LogP contribution in [0.15, 0.2) is 6.20 Å². The topological polar surface area (TPSA) is 69.2 Å². The van der Waals surface area contributed by atoms with Crippen molar-refractivity contribution in [2.75, 3.05) is 20.2 Å². The van der Waals surface area contributed by atoms with E-state index in [0.717, 1.165) is 31.6 Å². The van der Waals surface area contributed by atoms with Crippen LogP contribution < -0.4 is 5.73 Å². The SMILES string of the molecule is COC1CCN(Cc2cn(C(C)(C)C)nn2)C(CN)C1.